The van der Waals surface area contributed by atoms with Gasteiger partial charge in [0, 0.05) is 6.20 Å². The Kier molecular flexibility index (Phi) is 3.15. The predicted molar refractivity (Wildman–Crippen MR) is 64.8 cm³/mol. The Bertz CT molecular complexity index is 473. The third-order valence-corrected chi connectivity index (χ3v) is 2.79. The van der Waals surface area contributed by atoms with Crippen LogP contribution in [0.2, 0.25) is 5.15 Å². The summed E-state index contributed by atoms with van der Waals surface area (Å²) in [6.45, 7) is 4.62. The number of nitrogens with zero attached hydrogens (tertiary/aromatic N) is 1. The van der Waals surface area contributed by atoms with E-state index >= 15 is 0 Å². The minimum Gasteiger partial charge on any atom is -0.467 e. The highest BCUT2D eigenvalue weighted by Gasteiger charge is 2.06. The van der Waals surface area contributed by atoms with Gasteiger partial charge in [-0.2, -0.15) is 0 Å². The van der Waals surface area contributed by atoms with Gasteiger partial charge in [-0.1, -0.05) is 11.6 Å². The molecule has 0 fully saturated rings. The smallest absolute Gasteiger partial charge is 0.152 e. The van der Waals surface area contributed by atoms with Gasteiger partial charge in [0.15, 0.2) is 5.15 Å². The van der Waals surface area contributed by atoms with Gasteiger partial charge in [0.1, 0.15) is 5.76 Å². The van der Waals surface area contributed by atoms with Crippen LogP contribution in [0.15, 0.2) is 29.0 Å². The van der Waals surface area contributed by atoms with Gasteiger partial charge in [0.25, 0.3) is 0 Å². The topological polar surface area (TPSA) is 38.1 Å². The van der Waals surface area contributed by atoms with Crippen LogP contribution in [-0.2, 0) is 6.54 Å². The number of aryl methyl sites for hydroxylation is 2. The Labute approximate surface area is 99.5 Å². The van der Waals surface area contributed by atoms with Crippen LogP contribution in [0, 0.1) is 13.8 Å². The minimum absolute atomic E-state index is 0.490. The van der Waals surface area contributed by atoms with Crippen molar-refractivity contribution in [2.75, 3.05) is 5.32 Å². The summed E-state index contributed by atoms with van der Waals surface area (Å²) in [6, 6.07) is 3.86. The molecule has 4 heteroatoms. The average Bonchev–Trinajstić information content (AvgIpc) is 2.64. The van der Waals surface area contributed by atoms with E-state index in [1.54, 1.807) is 12.5 Å². The molecule has 0 atom stereocenters. The maximum absolute atomic E-state index is 6.01. The molecule has 0 spiro atoms. The molecule has 1 N–H and O–H groups in total. The number of furan rings is 1. The Hall–Kier alpha value is -1.48. The van der Waals surface area contributed by atoms with Crippen molar-refractivity contribution in [3.63, 3.8) is 0 Å². The molecular formula is C12H13ClN2O. The van der Waals surface area contributed by atoms with Crippen LogP contribution in [-0.4, -0.2) is 4.98 Å². The largest absolute Gasteiger partial charge is 0.467 e. The van der Waals surface area contributed by atoms with E-state index in [1.165, 1.54) is 0 Å². The number of aromatic nitrogens is 1. The van der Waals surface area contributed by atoms with Crippen molar-refractivity contribution in [1.82, 2.24) is 4.98 Å². The number of rotatable bonds is 3. The molecule has 3 nitrogen and oxygen atoms in total. The zero-order valence-electron chi connectivity index (χ0n) is 9.25. The van der Waals surface area contributed by atoms with Gasteiger partial charge < -0.3 is 9.73 Å². The van der Waals surface area contributed by atoms with Gasteiger partial charge in [0.2, 0.25) is 0 Å². The van der Waals surface area contributed by atoms with Crippen LogP contribution in [0.5, 0.6) is 0 Å². The lowest BCUT2D eigenvalue weighted by Crippen LogP contribution is -2.02. The van der Waals surface area contributed by atoms with Gasteiger partial charge in [-0.3, -0.25) is 0 Å². The van der Waals surface area contributed by atoms with Crippen molar-refractivity contribution in [2.24, 2.45) is 0 Å². The number of pyridine rings is 1. The molecule has 0 saturated carbocycles. The fourth-order valence-corrected chi connectivity index (χ4v) is 1.76. The van der Waals surface area contributed by atoms with Gasteiger partial charge in [-0.15, -0.1) is 0 Å². The monoisotopic (exact) mass is 236 g/mol. The SMILES string of the molecule is Cc1ccoc1CNc1c(C)ccnc1Cl. The molecule has 2 aromatic rings. The standard InChI is InChI=1S/C12H13ClN2O/c1-8-4-6-16-10(8)7-15-11-9(2)3-5-14-12(11)13/h3-6,15H,7H2,1-2H3. The summed E-state index contributed by atoms with van der Waals surface area (Å²) in [4.78, 5) is 4.03. The first-order valence-electron chi connectivity index (χ1n) is 5.06. The van der Waals surface area contributed by atoms with E-state index in [1.807, 2.05) is 26.0 Å². The molecule has 0 aromatic carbocycles. The third-order valence-electron chi connectivity index (χ3n) is 2.51. The fourth-order valence-electron chi connectivity index (χ4n) is 1.49. The highest BCUT2D eigenvalue weighted by molar-refractivity contribution is 6.32. The lowest BCUT2D eigenvalue weighted by Gasteiger charge is -2.09. The van der Waals surface area contributed by atoms with Crippen molar-refractivity contribution >= 4 is 17.3 Å². The van der Waals surface area contributed by atoms with E-state index in [2.05, 4.69) is 10.3 Å². The second-order valence-corrected chi connectivity index (χ2v) is 4.03. The zero-order valence-corrected chi connectivity index (χ0v) is 10.0. The first-order valence-corrected chi connectivity index (χ1v) is 5.44. The molecular weight excluding hydrogens is 224 g/mol. The summed E-state index contributed by atoms with van der Waals surface area (Å²) in [5.74, 6) is 0.916. The van der Waals surface area contributed by atoms with Gasteiger partial charge in [-0.25, -0.2) is 4.98 Å². The summed E-state index contributed by atoms with van der Waals surface area (Å²) in [5, 5.41) is 3.73. The lowest BCUT2D eigenvalue weighted by molar-refractivity contribution is 0.515. The van der Waals surface area contributed by atoms with E-state index in [9.17, 15) is 0 Å². The van der Waals surface area contributed by atoms with Crippen LogP contribution in [0.3, 0.4) is 0 Å². The van der Waals surface area contributed by atoms with Crippen molar-refractivity contribution in [3.05, 3.63) is 46.6 Å². The van der Waals surface area contributed by atoms with E-state index in [-0.39, 0.29) is 0 Å². The molecule has 0 radical (unpaired) electrons. The maximum Gasteiger partial charge on any atom is 0.152 e. The highest BCUT2D eigenvalue weighted by Crippen LogP contribution is 2.23. The summed E-state index contributed by atoms with van der Waals surface area (Å²) in [7, 11) is 0. The Balaban J connectivity index is 2.14. The number of anilines is 1. The van der Waals surface area contributed by atoms with Crippen molar-refractivity contribution in [1.29, 1.82) is 0 Å². The Morgan fingerprint density at radius 2 is 2.12 bits per heavy atom. The van der Waals surface area contributed by atoms with E-state index < -0.39 is 0 Å². The lowest BCUT2D eigenvalue weighted by atomic mass is 10.2. The molecule has 0 saturated heterocycles. The summed E-state index contributed by atoms with van der Waals surface area (Å²) in [6.07, 6.45) is 3.38. The number of hydrogen-bond acceptors (Lipinski definition) is 3. The summed E-state index contributed by atoms with van der Waals surface area (Å²) >= 11 is 6.01. The second kappa shape index (κ2) is 4.58. The number of nitrogens with one attached hydrogen (secondary N) is 1. The second-order valence-electron chi connectivity index (χ2n) is 3.67. The first kappa shape index (κ1) is 11.0. The fraction of sp³-hybridized carbons (Fsp3) is 0.250. The first-order chi connectivity index (χ1) is 7.68. The Morgan fingerprint density at radius 3 is 2.75 bits per heavy atom. The maximum atomic E-state index is 6.01. The number of hydrogen-bond donors (Lipinski definition) is 1. The summed E-state index contributed by atoms with van der Waals surface area (Å²) < 4.78 is 5.34. The van der Waals surface area contributed by atoms with Gasteiger partial charge in [-0.05, 0) is 37.1 Å². The van der Waals surface area contributed by atoms with Crippen molar-refractivity contribution < 1.29 is 4.42 Å². The van der Waals surface area contributed by atoms with E-state index in [0.29, 0.717) is 11.7 Å². The molecule has 0 aliphatic carbocycles. The molecule has 0 aliphatic heterocycles. The van der Waals surface area contributed by atoms with Crippen molar-refractivity contribution in [3.8, 4) is 0 Å². The van der Waals surface area contributed by atoms with Crippen molar-refractivity contribution in [2.45, 2.75) is 20.4 Å². The van der Waals surface area contributed by atoms with E-state index in [0.717, 1.165) is 22.6 Å². The molecule has 84 valence electrons. The van der Waals surface area contributed by atoms with Crippen LogP contribution >= 0.6 is 11.6 Å². The van der Waals surface area contributed by atoms with Crippen LogP contribution in [0.4, 0.5) is 5.69 Å². The molecule has 16 heavy (non-hydrogen) atoms. The minimum atomic E-state index is 0.490. The third kappa shape index (κ3) is 2.19. The molecule has 2 rings (SSSR count). The number of halogens is 1. The molecule has 2 heterocycles. The Morgan fingerprint density at radius 1 is 1.31 bits per heavy atom. The summed E-state index contributed by atoms with van der Waals surface area (Å²) in [5.41, 5.74) is 3.06. The quantitative estimate of drug-likeness (QED) is 0.829. The molecule has 0 bridgehead atoms. The molecule has 0 amide bonds. The van der Waals surface area contributed by atoms with Crippen LogP contribution < -0.4 is 5.32 Å². The predicted octanol–water partition coefficient (Wildman–Crippen LogP) is 3.56. The van der Waals surface area contributed by atoms with Gasteiger partial charge >= 0.3 is 0 Å². The van der Waals surface area contributed by atoms with E-state index in [4.69, 9.17) is 16.0 Å². The molecule has 2 aromatic heterocycles. The van der Waals surface area contributed by atoms with Gasteiger partial charge in [0.05, 0.1) is 18.5 Å². The van der Waals surface area contributed by atoms with Crippen LogP contribution in [0.1, 0.15) is 16.9 Å². The normalized spacial score (nSPS) is 10.4. The molecule has 0 aliphatic rings. The highest BCUT2D eigenvalue weighted by atomic mass is 35.5. The zero-order chi connectivity index (χ0) is 11.5. The average molecular weight is 237 g/mol. The molecule has 0 unspecified atom stereocenters. The van der Waals surface area contributed by atoms with Crippen LogP contribution in [0.25, 0.3) is 0 Å².